The molecule has 1 heterocycles. The summed E-state index contributed by atoms with van der Waals surface area (Å²) in [4.78, 5) is 21.8. The zero-order valence-electron chi connectivity index (χ0n) is 15.5. The number of hydrogen-bond donors (Lipinski definition) is 3. The summed E-state index contributed by atoms with van der Waals surface area (Å²) in [7, 11) is 0. The number of nitrogens with zero attached hydrogens (tertiary/aromatic N) is 1. The van der Waals surface area contributed by atoms with Crippen LogP contribution in [0.25, 0.3) is 0 Å². The summed E-state index contributed by atoms with van der Waals surface area (Å²) in [5, 5.41) is 19.9. The van der Waals surface area contributed by atoms with Crippen LogP contribution in [0.4, 0.5) is 13.2 Å². The van der Waals surface area contributed by atoms with Crippen LogP contribution in [0.15, 0.2) is 24.3 Å². The van der Waals surface area contributed by atoms with Crippen molar-refractivity contribution in [1.82, 2.24) is 10.2 Å². The van der Waals surface area contributed by atoms with Crippen LogP contribution in [0, 0.1) is 11.8 Å². The summed E-state index contributed by atoms with van der Waals surface area (Å²) in [6.45, 7) is 3.47. The van der Waals surface area contributed by atoms with Crippen molar-refractivity contribution in [2.75, 3.05) is 13.1 Å². The van der Waals surface area contributed by atoms with Crippen molar-refractivity contribution in [3.05, 3.63) is 35.4 Å². The lowest BCUT2D eigenvalue weighted by Crippen LogP contribution is -2.48. The van der Waals surface area contributed by atoms with Crippen LogP contribution in [0.3, 0.4) is 0 Å². The number of rotatable bonds is 3. The first-order valence-electron chi connectivity index (χ1n) is 9.05. The predicted octanol–water partition coefficient (Wildman–Crippen LogP) is 2.11. The minimum Gasteiger partial charge on any atom is -0.483 e. The van der Waals surface area contributed by atoms with Crippen LogP contribution in [-0.4, -0.2) is 52.7 Å². The summed E-state index contributed by atoms with van der Waals surface area (Å²) in [5.41, 5.74) is 0.221. The number of benzene rings is 1. The van der Waals surface area contributed by atoms with Crippen LogP contribution >= 0.6 is 0 Å². The average molecular weight is 402 g/mol. The molecule has 28 heavy (non-hydrogen) atoms. The highest BCUT2D eigenvalue weighted by Gasteiger charge is 2.41. The minimum atomic E-state index is -4.31. The molecule has 0 aromatic heterocycles. The van der Waals surface area contributed by atoms with E-state index >= 15 is 0 Å². The number of carbonyl (C=O) groups excluding carboxylic acids is 1. The number of carbonyl (C=O) groups is 2. The molecular formula is C19H25F3N2O4. The van der Waals surface area contributed by atoms with Gasteiger partial charge in [0.2, 0.25) is 5.91 Å². The van der Waals surface area contributed by atoms with Crippen LogP contribution in [0.5, 0.6) is 0 Å². The fourth-order valence-corrected chi connectivity index (χ4v) is 4.13. The normalized spacial score (nSPS) is 27.3. The lowest BCUT2D eigenvalue weighted by molar-refractivity contribution is -0.137. The molecule has 0 radical (unpaired) electrons. The number of likely N-dealkylation sites (tertiary alicyclic amines) is 1. The first kappa shape index (κ1) is 22.2. The summed E-state index contributed by atoms with van der Waals surface area (Å²) >= 11 is 0. The van der Waals surface area contributed by atoms with Gasteiger partial charge in [0.1, 0.15) is 0 Å². The number of carboxylic acid groups (broad SMARTS) is 1. The monoisotopic (exact) mass is 402 g/mol. The summed E-state index contributed by atoms with van der Waals surface area (Å²) in [5.74, 6) is 0.631. The van der Waals surface area contributed by atoms with E-state index in [1.807, 2.05) is 0 Å². The van der Waals surface area contributed by atoms with Gasteiger partial charge in [-0.3, -0.25) is 14.5 Å². The topological polar surface area (TPSA) is 89.9 Å². The molecule has 1 saturated heterocycles. The molecule has 1 aliphatic carbocycles. The van der Waals surface area contributed by atoms with Gasteiger partial charge in [0.15, 0.2) is 0 Å². The summed E-state index contributed by atoms with van der Waals surface area (Å²) in [6, 6.07) is 5.09. The van der Waals surface area contributed by atoms with E-state index in [1.54, 1.807) is 0 Å². The Balaban J connectivity index is 0.000000878. The third-order valence-electron chi connectivity index (χ3n) is 5.29. The first-order valence-corrected chi connectivity index (χ1v) is 9.05. The number of nitrogens with one attached hydrogen (secondary N) is 1. The van der Waals surface area contributed by atoms with Gasteiger partial charge in [-0.25, -0.2) is 0 Å². The Morgan fingerprint density at radius 3 is 2.25 bits per heavy atom. The maximum atomic E-state index is 12.6. The van der Waals surface area contributed by atoms with E-state index in [9.17, 15) is 23.1 Å². The van der Waals surface area contributed by atoms with Gasteiger partial charge in [0.05, 0.1) is 17.7 Å². The smallest absolute Gasteiger partial charge is 0.416 e. The first-order chi connectivity index (χ1) is 13.1. The highest BCUT2D eigenvalue weighted by molar-refractivity contribution is 5.73. The second-order valence-corrected chi connectivity index (χ2v) is 7.36. The lowest BCUT2D eigenvalue weighted by atomic mass is 9.77. The summed E-state index contributed by atoms with van der Waals surface area (Å²) in [6.07, 6.45) is -3.44. The standard InChI is InChI=1S/C18H23F3N2O2.CH2O2/c1-11(24)22-16-6-13-9-23(10-14(13)7-17(16)25)8-12-2-4-15(5-3-12)18(19,20)21;2-1-3/h2-5,13-14,16-17,25H,6-10H2,1H3,(H,22,24);1H,(H,2,3)/t13-,14+,16-,17-;/m1./s1. The Morgan fingerprint density at radius 2 is 1.75 bits per heavy atom. The molecule has 1 saturated carbocycles. The van der Waals surface area contributed by atoms with Crippen molar-refractivity contribution in [3.8, 4) is 0 Å². The van der Waals surface area contributed by atoms with Gasteiger partial charge >= 0.3 is 6.18 Å². The predicted molar refractivity (Wildman–Crippen MR) is 95.2 cm³/mol. The molecule has 4 atom stereocenters. The minimum absolute atomic E-state index is 0.137. The molecule has 3 N–H and O–H groups in total. The highest BCUT2D eigenvalue weighted by atomic mass is 19.4. The quantitative estimate of drug-likeness (QED) is 0.674. The third kappa shape index (κ3) is 5.93. The zero-order chi connectivity index (χ0) is 20.9. The Labute approximate surface area is 161 Å². The van der Waals surface area contributed by atoms with Gasteiger partial charge in [0, 0.05) is 26.6 Å². The molecule has 2 aliphatic rings. The molecular weight excluding hydrogens is 377 g/mol. The van der Waals surface area contributed by atoms with E-state index < -0.39 is 17.8 Å². The van der Waals surface area contributed by atoms with E-state index in [2.05, 4.69) is 10.2 Å². The molecule has 156 valence electrons. The number of alkyl halides is 3. The average Bonchev–Trinajstić information content (AvgIpc) is 2.96. The Kier molecular flexibility index (Phi) is 7.42. The van der Waals surface area contributed by atoms with Crippen LogP contribution in [-0.2, 0) is 22.3 Å². The third-order valence-corrected chi connectivity index (χ3v) is 5.29. The van der Waals surface area contributed by atoms with E-state index in [0.717, 1.165) is 37.2 Å². The number of hydrogen-bond acceptors (Lipinski definition) is 4. The van der Waals surface area contributed by atoms with Crippen molar-refractivity contribution in [1.29, 1.82) is 0 Å². The van der Waals surface area contributed by atoms with Crippen molar-refractivity contribution in [3.63, 3.8) is 0 Å². The lowest BCUT2D eigenvalue weighted by Gasteiger charge is -2.35. The van der Waals surface area contributed by atoms with Gasteiger partial charge in [-0.1, -0.05) is 12.1 Å². The maximum absolute atomic E-state index is 12.6. The van der Waals surface area contributed by atoms with E-state index in [0.29, 0.717) is 24.8 Å². The second-order valence-electron chi connectivity index (χ2n) is 7.36. The molecule has 1 amide bonds. The van der Waals surface area contributed by atoms with Gasteiger partial charge < -0.3 is 15.5 Å². The summed E-state index contributed by atoms with van der Waals surface area (Å²) < 4.78 is 37.9. The number of amides is 1. The number of aliphatic hydroxyl groups excluding tert-OH is 1. The second kappa shape index (κ2) is 9.38. The van der Waals surface area contributed by atoms with E-state index in [4.69, 9.17) is 9.90 Å². The molecule has 1 aromatic rings. The van der Waals surface area contributed by atoms with E-state index in [-0.39, 0.29) is 18.4 Å². The molecule has 0 unspecified atom stereocenters. The zero-order valence-corrected chi connectivity index (χ0v) is 15.5. The van der Waals surface area contributed by atoms with Gasteiger partial charge in [0.25, 0.3) is 6.47 Å². The molecule has 6 nitrogen and oxygen atoms in total. The molecule has 9 heteroatoms. The Bertz CT molecular complexity index is 666. The van der Waals surface area contributed by atoms with Crippen LogP contribution in [0.2, 0.25) is 0 Å². The van der Waals surface area contributed by atoms with E-state index in [1.165, 1.54) is 19.1 Å². The fraction of sp³-hybridized carbons (Fsp3) is 0.579. The largest absolute Gasteiger partial charge is 0.483 e. The van der Waals surface area contributed by atoms with Gasteiger partial charge in [-0.2, -0.15) is 13.2 Å². The molecule has 3 rings (SSSR count). The Morgan fingerprint density at radius 1 is 1.21 bits per heavy atom. The fourth-order valence-electron chi connectivity index (χ4n) is 4.13. The van der Waals surface area contributed by atoms with Gasteiger partial charge in [-0.15, -0.1) is 0 Å². The molecule has 1 aliphatic heterocycles. The van der Waals surface area contributed by atoms with Crippen molar-refractivity contribution >= 4 is 12.4 Å². The molecule has 0 spiro atoms. The highest BCUT2D eigenvalue weighted by Crippen LogP contribution is 2.37. The number of halogens is 3. The van der Waals surface area contributed by atoms with Crippen LogP contribution < -0.4 is 5.32 Å². The van der Waals surface area contributed by atoms with Crippen molar-refractivity contribution < 1.29 is 33.0 Å². The van der Waals surface area contributed by atoms with Crippen molar-refractivity contribution in [2.24, 2.45) is 11.8 Å². The molecule has 2 fully saturated rings. The van der Waals surface area contributed by atoms with Crippen molar-refractivity contribution in [2.45, 2.75) is 44.6 Å². The molecule has 0 bridgehead atoms. The number of fused-ring (bicyclic) bond motifs is 1. The SMILES string of the molecule is CC(=O)N[C@@H]1C[C@@H]2CN(Cc3ccc(C(F)(F)F)cc3)C[C@@H]2C[C@H]1O.O=CO. The maximum Gasteiger partial charge on any atom is 0.416 e. The van der Waals surface area contributed by atoms with Gasteiger partial charge in [-0.05, 0) is 42.4 Å². The van der Waals surface area contributed by atoms with Crippen LogP contribution in [0.1, 0.15) is 30.9 Å². The Hall–Kier alpha value is -2.13. The molecule has 1 aromatic carbocycles. The number of aliphatic hydroxyl groups is 1.